The highest BCUT2D eigenvalue weighted by molar-refractivity contribution is 4.96. The Morgan fingerprint density at radius 2 is 2.08 bits per heavy atom. The lowest BCUT2D eigenvalue weighted by atomic mass is 9.97. The second kappa shape index (κ2) is 2.94. The van der Waals surface area contributed by atoms with Crippen molar-refractivity contribution in [3.63, 3.8) is 0 Å². The molecule has 3 nitrogen and oxygen atoms in total. The SMILES string of the molecule is CC1(C)CNC(C)(C2CCNC2)O1. The van der Waals surface area contributed by atoms with E-state index in [1.165, 1.54) is 6.42 Å². The van der Waals surface area contributed by atoms with Gasteiger partial charge < -0.3 is 10.1 Å². The molecule has 0 aromatic rings. The van der Waals surface area contributed by atoms with Gasteiger partial charge in [0.15, 0.2) is 0 Å². The first-order valence-corrected chi connectivity index (χ1v) is 5.18. The van der Waals surface area contributed by atoms with Gasteiger partial charge in [0.1, 0.15) is 5.72 Å². The molecular weight excluding hydrogens is 164 g/mol. The fraction of sp³-hybridized carbons (Fsp3) is 1.00. The van der Waals surface area contributed by atoms with E-state index in [4.69, 9.17) is 4.74 Å². The summed E-state index contributed by atoms with van der Waals surface area (Å²) in [6.07, 6.45) is 1.22. The van der Waals surface area contributed by atoms with Crippen molar-refractivity contribution in [2.24, 2.45) is 5.92 Å². The predicted octanol–water partition coefficient (Wildman–Crippen LogP) is 0.710. The van der Waals surface area contributed by atoms with E-state index in [1.807, 2.05) is 0 Å². The molecule has 0 saturated carbocycles. The van der Waals surface area contributed by atoms with Crippen molar-refractivity contribution in [2.45, 2.75) is 38.5 Å². The first-order chi connectivity index (χ1) is 6.02. The molecule has 0 bridgehead atoms. The van der Waals surface area contributed by atoms with Crippen molar-refractivity contribution in [2.75, 3.05) is 19.6 Å². The molecule has 13 heavy (non-hydrogen) atoms. The minimum Gasteiger partial charge on any atom is -0.353 e. The van der Waals surface area contributed by atoms with E-state index in [1.54, 1.807) is 0 Å². The third kappa shape index (κ3) is 1.73. The van der Waals surface area contributed by atoms with Crippen LogP contribution in [0.4, 0.5) is 0 Å². The molecule has 2 atom stereocenters. The van der Waals surface area contributed by atoms with Gasteiger partial charge in [-0.2, -0.15) is 0 Å². The minimum atomic E-state index is -0.104. The number of ether oxygens (including phenoxy) is 1. The van der Waals surface area contributed by atoms with E-state index in [0.29, 0.717) is 5.92 Å². The van der Waals surface area contributed by atoms with Crippen molar-refractivity contribution in [1.82, 2.24) is 10.6 Å². The minimum absolute atomic E-state index is 0.00264. The third-order valence-electron chi connectivity index (χ3n) is 3.19. The third-order valence-corrected chi connectivity index (χ3v) is 3.19. The quantitative estimate of drug-likeness (QED) is 0.629. The smallest absolute Gasteiger partial charge is 0.121 e. The van der Waals surface area contributed by atoms with Gasteiger partial charge in [-0.05, 0) is 33.7 Å². The Kier molecular flexibility index (Phi) is 2.13. The average molecular weight is 184 g/mol. The van der Waals surface area contributed by atoms with Crippen LogP contribution in [0.2, 0.25) is 0 Å². The van der Waals surface area contributed by atoms with Crippen LogP contribution in [0.1, 0.15) is 27.2 Å². The van der Waals surface area contributed by atoms with Crippen LogP contribution < -0.4 is 10.6 Å². The zero-order chi connectivity index (χ0) is 9.53. The molecule has 76 valence electrons. The van der Waals surface area contributed by atoms with E-state index in [0.717, 1.165) is 19.6 Å². The first-order valence-electron chi connectivity index (χ1n) is 5.18. The Morgan fingerprint density at radius 1 is 1.31 bits per heavy atom. The van der Waals surface area contributed by atoms with Gasteiger partial charge in [0.2, 0.25) is 0 Å². The Hall–Kier alpha value is -0.120. The molecule has 0 aromatic heterocycles. The Labute approximate surface area is 80.2 Å². The number of hydrogen-bond donors (Lipinski definition) is 2. The lowest BCUT2D eigenvalue weighted by Crippen LogP contribution is -2.46. The molecule has 2 aliphatic heterocycles. The molecular formula is C10H20N2O. The maximum absolute atomic E-state index is 6.07. The molecule has 0 spiro atoms. The van der Waals surface area contributed by atoms with E-state index in [2.05, 4.69) is 31.4 Å². The largest absolute Gasteiger partial charge is 0.353 e. The van der Waals surface area contributed by atoms with Gasteiger partial charge in [-0.15, -0.1) is 0 Å². The molecule has 0 aromatic carbocycles. The van der Waals surface area contributed by atoms with Gasteiger partial charge in [0.05, 0.1) is 5.60 Å². The zero-order valence-corrected chi connectivity index (χ0v) is 8.81. The Balaban J connectivity index is 2.05. The molecule has 0 amide bonds. The van der Waals surface area contributed by atoms with Gasteiger partial charge in [0.25, 0.3) is 0 Å². The number of rotatable bonds is 1. The first kappa shape index (κ1) is 9.44. The maximum atomic E-state index is 6.07. The summed E-state index contributed by atoms with van der Waals surface area (Å²) in [5.41, 5.74) is -0.107. The summed E-state index contributed by atoms with van der Waals surface area (Å²) in [7, 11) is 0. The Bertz CT molecular complexity index is 199. The lowest BCUT2D eigenvalue weighted by Gasteiger charge is -2.32. The van der Waals surface area contributed by atoms with Gasteiger partial charge in [-0.1, -0.05) is 0 Å². The van der Waals surface area contributed by atoms with Crippen LogP contribution in [0.5, 0.6) is 0 Å². The molecule has 2 aliphatic rings. The zero-order valence-electron chi connectivity index (χ0n) is 8.81. The van der Waals surface area contributed by atoms with Crippen LogP contribution >= 0.6 is 0 Å². The molecule has 2 saturated heterocycles. The van der Waals surface area contributed by atoms with Crippen LogP contribution in [0.25, 0.3) is 0 Å². The summed E-state index contributed by atoms with van der Waals surface area (Å²) in [4.78, 5) is 0. The van der Waals surface area contributed by atoms with Crippen LogP contribution in [0.3, 0.4) is 0 Å². The second-order valence-electron chi connectivity index (χ2n) is 5.01. The van der Waals surface area contributed by atoms with Gasteiger partial charge in [0, 0.05) is 19.0 Å². The summed E-state index contributed by atoms with van der Waals surface area (Å²) < 4.78 is 6.07. The fourth-order valence-corrected chi connectivity index (χ4v) is 2.39. The molecule has 2 unspecified atom stereocenters. The normalized spacial score (nSPS) is 44.1. The highest BCUT2D eigenvalue weighted by atomic mass is 16.5. The van der Waals surface area contributed by atoms with Crippen LogP contribution in [-0.4, -0.2) is 31.0 Å². The molecule has 2 rings (SSSR count). The van der Waals surface area contributed by atoms with Gasteiger partial charge in [-0.3, -0.25) is 5.32 Å². The highest BCUT2D eigenvalue weighted by Crippen LogP contribution is 2.33. The molecule has 2 fully saturated rings. The molecule has 3 heteroatoms. The van der Waals surface area contributed by atoms with Crippen molar-refractivity contribution in [3.8, 4) is 0 Å². The second-order valence-corrected chi connectivity index (χ2v) is 5.01. The van der Waals surface area contributed by atoms with Crippen LogP contribution in [0.15, 0.2) is 0 Å². The van der Waals surface area contributed by atoms with Crippen molar-refractivity contribution in [1.29, 1.82) is 0 Å². The van der Waals surface area contributed by atoms with E-state index < -0.39 is 0 Å². The number of hydrogen-bond acceptors (Lipinski definition) is 3. The lowest BCUT2D eigenvalue weighted by molar-refractivity contribution is -0.108. The molecule has 2 heterocycles. The van der Waals surface area contributed by atoms with Gasteiger partial charge in [-0.25, -0.2) is 0 Å². The van der Waals surface area contributed by atoms with Crippen LogP contribution in [-0.2, 0) is 4.74 Å². The van der Waals surface area contributed by atoms with E-state index >= 15 is 0 Å². The monoisotopic (exact) mass is 184 g/mol. The summed E-state index contributed by atoms with van der Waals surface area (Å²) >= 11 is 0. The van der Waals surface area contributed by atoms with Crippen LogP contribution in [0, 0.1) is 5.92 Å². The standard InChI is InChI=1S/C10H20N2O/c1-9(2)7-12-10(3,13-9)8-4-5-11-6-8/h8,11-12H,4-7H2,1-3H3. The molecule has 2 N–H and O–H groups in total. The summed E-state index contributed by atoms with van der Waals surface area (Å²) in [6.45, 7) is 9.64. The average Bonchev–Trinajstić information content (AvgIpc) is 2.58. The molecule has 0 radical (unpaired) electrons. The summed E-state index contributed by atoms with van der Waals surface area (Å²) in [6, 6.07) is 0. The summed E-state index contributed by atoms with van der Waals surface area (Å²) in [5.74, 6) is 0.620. The van der Waals surface area contributed by atoms with E-state index in [9.17, 15) is 0 Å². The maximum Gasteiger partial charge on any atom is 0.121 e. The topological polar surface area (TPSA) is 33.3 Å². The molecule has 0 aliphatic carbocycles. The van der Waals surface area contributed by atoms with Crippen molar-refractivity contribution >= 4 is 0 Å². The van der Waals surface area contributed by atoms with E-state index in [-0.39, 0.29) is 11.3 Å². The fourth-order valence-electron chi connectivity index (χ4n) is 2.39. The Morgan fingerprint density at radius 3 is 2.54 bits per heavy atom. The van der Waals surface area contributed by atoms with Gasteiger partial charge >= 0.3 is 0 Å². The van der Waals surface area contributed by atoms with Crippen molar-refractivity contribution in [3.05, 3.63) is 0 Å². The number of nitrogens with one attached hydrogen (secondary N) is 2. The van der Waals surface area contributed by atoms with Crippen molar-refractivity contribution < 1.29 is 4.74 Å². The summed E-state index contributed by atoms with van der Waals surface area (Å²) in [5, 5.41) is 6.88. The predicted molar refractivity (Wildman–Crippen MR) is 52.5 cm³/mol. The highest BCUT2D eigenvalue weighted by Gasteiger charge is 2.46.